The van der Waals surface area contributed by atoms with Gasteiger partial charge >= 0.3 is 0 Å². The summed E-state index contributed by atoms with van der Waals surface area (Å²) in [6.45, 7) is 7.34. The molecule has 2 heteroatoms. The van der Waals surface area contributed by atoms with E-state index in [1.807, 2.05) is 0 Å². The van der Waals surface area contributed by atoms with Crippen LogP contribution < -0.4 is 5.73 Å². The van der Waals surface area contributed by atoms with Crippen molar-refractivity contribution in [2.75, 3.05) is 6.61 Å². The second kappa shape index (κ2) is 8.52. The normalized spacial score (nSPS) is 15.7. The third kappa shape index (κ3) is 7.03. The molecule has 0 aromatic heterocycles. The van der Waals surface area contributed by atoms with Gasteiger partial charge in [0, 0.05) is 0 Å². The maximum atomic E-state index is 5.68. The van der Waals surface area contributed by atoms with Crippen LogP contribution in [-0.4, -0.2) is 12.8 Å². The molecule has 0 spiro atoms. The Morgan fingerprint density at radius 2 is 1.85 bits per heavy atom. The van der Waals surface area contributed by atoms with E-state index in [0.29, 0.717) is 5.92 Å². The van der Waals surface area contributed by atoms with Gasteiger partial charge < -0.3 is 10.5 Å². The molecule has 0 aliphatic heterocycles. The summed E-state index contributed by atoms with van der Waals surface area (Å²) in [6, 6.07) is 0. The predicted molar refractivity (Wildman–Crippen MR) is 57.5 cm³/mol. The average Bonchev–Trinajstić information content (AvgIpc) is 2.17. The van der Waals surface area contributed by atoms with Crippen LogP contribution in [0.1, 0.15) is 52.9 Å². The van der Waals surface area contributed by atoms with Crippen molar-refractivity contribution in [3.63, 3.8) is 0 Å². The van der Waals surface area contributed by atoms with Crippen LogP contribution in [0.5, 0.6) is 0 Å². The van der Waals surface area contributed by atoms with Crippen molar-refractivity contribution in [1.82, 2.24) is 0 Å². The lowest BCUT2D eigenvalue weighted by Gasteiger charge is -2.17. The maximum absolute atomic E-state index is 5.68. The summed E-state index contributed by atoms with van der Waals surface area (Å²) in [7, 11) is 0. The Hall–Kier alpha value is -0.0800. The number of hydrogen-bond donors (Lipinski definition) is 1. The van der Waals surface area contributed by atoms with E-state index in [-0.39, 0.29) is 6.23 Å². The molecule has 0 aliphatic rings. The molecule has 0 radical (unpaired) electrons. The summed E-state index contributed by atoms with van der Waals surface area (Å²) in [5.74, 6) is 0.706. The zero-order valence-corrected chi connectivity index (χ0v) is 9.38. The van der Waals surface area contributed by atoms with E-state index >= 15 is 0 Å². The van der Waals surface area contributed by atoms with Crippen LogP contribution in [0.2, 0.25) is 0 Å². The van der Waals surface area contributed by atoms with Crippen molar-refractivity contribution in [3.05, 3.63) is 0 Å². The number of ether oxygens (including phenoxy) is 1. The predicted octanol–water partition coefficient (Wildman–Crippen LogP) is 2.91. The van der Waals surface area contributed by atoms with E-state index in [2.05, 4.69) is 20.8 Å². The zero-order valence-electron chi connectivity index (χ0n) is 9.38. The molecular formula is C11H25NO. The molecule has 0 saturated heterocycles. The Labute approximate surface area is 82.8 Å². The molecule has 2 N–H and O–H groups in total. The van der Waals surface area contributed by atoms with Crippen LogP contribution in [0.4, 0.5) is 0 Å². The molecule has 13 heavy (non-hydrogen) atoms. The van der Waals surface area contributed by atoms with E-state index in [4.69, 9.17) is 10.5 Å². The molecule has 0 amide bonds. The van der Waals surface area contributed by atoms with Gasteiger partial charge in [-0.3, -0.25) is 0 Å². The van der Waals surface area contributed by atoms with Crippen molar-refractivity contribution in [1.29, 1.82) is 0 Å². The first-order valence-electron chi connectivity index (χ1n) is 5.61. The van der Waals surface area contributed by atoms with Gasteiger partial charge in [0.2, 0.25) is 0 Å². The lowest BCUT2D eigenvalue weighted by molar-refractivity contribution is 0.0276. The maximum Gasteiger partial charge on any atom is 0.105 e. The lowest BCUT2D eigenvalue weighted by Crippen LogP contribution is -2.25. The summed E-state index contributed by atoms with van der Waals surface area (Å²) in [6.07, 6.45) is 5.92. The summed E-state index contributed by atoms with van der Waals surface area (Å²) in [5, 5.41) is 0. The third-order valence-electron chi connectivity index (χ3n) is 2.49. The third-order valence-corrected chi connectivity index (χ3v) is 2.49. The fourth-order valence-electron chi connectivity index (χ4n) is 1.28. The Morgan fingerprint density at radius 3 is 2.31 bits per heavy atom. The Balaban J connectivity index is 3.46. The van der Waals surface area contributed by atoms with Gasteiger partial charge in [-0.25, -0.2) is 0 Å². The second-order valence-electron chi connectivity index (χ2n) is 3.70. The van der Waals surface area contributed by atoms with Gasteiger partial charge in [0.25, 0.3) is 0 Å². The largest absolute Gasteiger partial charge is 0.363 e. The minimum absolute atomic E-state index is 0.0596. The van der Waals surface area contributed by atoms with Crippen molar-refractivity contribution >= 4 is 0 Å². The van der Waals surface area contributed by atoms with E-state index in [9.17, 15) is 0 Å². The molecular weight excluding hydrogens is 162 g/mol. The molecule has 0 bridgehead atoms. The smallest absolute Gasteiger partial charge is 0.105 e. The van der Waals surface area contributed by atoms with Crippen molar-refractivity contribution in [3.8, 4) is 0 Å². The highest BCUT2D eigenvalue weighted by Gasteiger charge is 2.07. The average molecular weight is 187 g/mol. The summed E-state index contributed by atoms with van der Waals surface area (Å²) in [4.78, 5) is 0. The molecule has 0 unspecified atom stereocenters. The van der Waals surface area contributed by atoms with Crippen LogP contribution in [-0.2, 0) is 4.74 Å². The molecule has 80 valence electrons. The first-order valence-corrected chi connectivity index (χ1v) is 5.61. The lowest BCUT2D eigenvalue weighted by atomic mass is 10.0. The Kier molecular flexibility index (Phi) is 8.46. The topological polar surface area (TPSA) is 35.2 Å². The SMILES string of the molecule is CCCC[C@H](CC)CO[C@@H](N)CC. The highest BCUT2D eigenvalue weighted by atomic mass is 16.5. The first kappa shape index (κ1) is 12.9. The second-order valence-corrected chi connectivity index (χ2v) is 3.70. The van der Waals surface area contributed by atoms with Gasteiger partial charge in [0.05, 0.1) is 6.61 Å². The van der Waals surface area contributed by atoms with Gasteiger partial charge in [-0.2, -0.15) is 0 Å². The number of unbranched alkanes of at least 4 members (excludes halogenated alkanes) is 1. The Bertz CT molecular complexity index is 106. The monoisotopic (exact) mass is 187 g/mol. The molecule has 0 fully saturated rings. The van der Waals surface area contributed by atoms with Crippen molar-refractivity contribution in [2.45, 2.75) is 59.1 Å². The van der Waals surface area contributed by atoms with Gasteiger partial charge in [-0.15, -0.1) is 0 Å². The molecule has 0 saturated carbocycles. The molecule has 0 heterocycles. The number of rotatable bonds is 8. The van der Waals surface area contributed by atoms with Crippen molar-refractivity contribution in [2.24, 2.45) is 11.7 Å². The molecule has 0 aromatic rings. The van der Waals surface area contributed by atoms with Gasteiger partial charge in [-0.1, -0.05) is 40.0 Å². The van der Waals surface area contributed by atoms with E-state index in [0.717, 1.165) is 13.0 Å². The minimum atomic E-state index is -0.0596. The fraction of sp³-hybridized carbons (Fsp3) is 1.00. The zero-order chi connectivity index (χ0) is 10.1. The standard InChI is InChI=1S/C11H25NO/c1-4-7-8-10(5-2)9-13-11(12)6-3/h10-11H,4-9,12H2,1-3H3/t10-,11+/m0/s1. The number of nitrogens with two attached hydrogens (primary N) is 1. The van der Waals surface area contributed by atoms with Crippen LogP contribution >= 0.6 is 0 Å². The van der Waals surface area contributed by atoms with Crippen LogP contribution in [0.25, 0.3) is 0 Å². The first-order chi connectivity index (χ1) is 6.24. The highest BCUT2D eigenvalue weighted by molar-refractivity contribution is 4.57. The molecule has 0 aromatic carbocycles. The molecule has 2 atom stereocenters. The van der Waals surface area contributed by atoms with Gasteiger partial charge in [-0.05, 0) is 18.8 Å². The van der Waals surface area contributed by atoms with E-state index < -0.39 is 0 Å². The molecule has 2 nitrogen and oxygen atoms in total. The van der Waals surface area contributed by atoms with E-state index in [1.54, 1.807) is 0 Å². The summed E-state index contributed by atoms with van der Waals surface area (Å²) < 4.78 is 5.52. The molecule has 0 aliphatic carbocycles. The van der Waals surface area contributed by atoms with Crippen molar-refractivity contribution < 1.29 is 4.74 Å². The Morgan fingerprint density at radius 1 is 1.15 bits per heavy atom. The minimum Gasteiger partial charge on any atom is -0.363 e. The molecule has 0 rings (SSSR count). The summed E-state index contributed by atoms with van der Waals surface area (Å²) in [5.41, 5.74) is 5.68. The fourth-order valence-corrected chi connectivity index (χ4v) is 1.28. The van der Waals surface area contributed by atoms with Crippen LogP contribution in [0.15, 0.2) is 0 Å². The highest BCUT2D eigenvalue weighted by Crippen LogP contribution is 2.13. The van der Waals surface area contributed by atoms with Crippen LogP contribution in [0, 0.1) is 5.92 Å². The number of hydrogen-bond acceptors (Lipinski definition) is 2. The summed E-state index contributed by atoms with van der Waals surface area (Å²) >= 11 is 0. The van der Waals surface area contributed by atoms with Gasteiger partial charge in [0.15, 0.2) is 0 Å². The quantitative estimate of drug-likeness (QED) is 0.593. The van der Waals surface area contributed by atoms with E-state index in [1.165, 1.54) is 25.7 Å². The van der Waals surface area contributed by atoms with Crippen LogP contribution in [0.3, 0.4) is 0 Å². The van der Waals surface area contributed by atoms with Gasteiger partial charge in [0.1, 0.15) is 6.23 Å².